The number of benzene rings is 3. The molecule has 1 N–H and O–H groups in total. The maximum absolute atomic E-state index is 13.5. The van der Waals surface area contributed by atoms with Gasteiger partial charge in [-0.15, -0.1) is 0 Å². The minimum absolute atomic E-state index is 0.230. The number of hydrogen-bond acceptors (Lipinski definition) is 4. The number of carboxylic acid groups (broad SMARTS) is 1. The number of nitrogens with zero attached hydrogens (tertiary/aromatic N) is 4. The molecule has 0 saturated heterocycles. The van der Waals surface area contributed by atoms with Gasteiger partial charge in [-0.05, 0) is 88.4 Å². The normalized spacial score (nSPS) is 12.1. The van der Waals surface area contributed by atoms with Crippen LogP contribution in [0.5, 0.6) is 0 Å². The molecule has 7 nitrogen and oxygen atoms in total. The molecule has 1 aromatic heterocycles. The molecule has 0 radical (unpaired) electrons. The zero-order valence-electron chi connectivity index (χ0n) is 21.3. The maximum Gasteiger partial charge on any atom is 0.411 e. The van der Waals surface area contributed by atoms with Crippen molar-refractivity contribution in [2.24, 2.45) is 0 Å². The molecule has 0 aliphatic carbocycles. The fourth-order valence-corrected chi connectivity index (χ4v) is 4.40. The lowest BCUT2D eigenvalue weighted by Crippen LogP contribution is -2.31. The van der Waals surface area contributed by atoms with Crippen molar-refractivity contribution in [1.82, 2.24) is 14.7 Å². The van der Waals surface area contributed by atoms with Gasteiger partial charge in [0.25, 0.3) is 5.56 Å². The van der Waals surface area contributed by atoms with Gasteiger partial charge < -0.3 is 10.0 Å². The molecule has 4 rings (SSSR count). The van der Waals surface area contributed by atoms with Gasteiger partial charge in [0.1, 0.15) is 5.82 Å². The minimum Gasteiger partial charge on any atom is -0.465 e. The van der Waals surface area contributed by atoms with E-state index < -0.39 is 12.1 Å². The smallest absolute Gasteiger partial charge is 0.411 e. The summed E-state index contributed by atoms with van der Waals surface area (Å²) in [6.07, 6.45) is 0.659. The first-order valence-electron chi connectivity index (χ1n) is 12.3. The van der Waals surface area contributed by atoms with Gasteiger partial charge in [0.05, 0.1) is 17.1 Å². The third kappa shape index (κ3) is 5.86. The number of unbranched alkanes of at least 4 members (excludes halogenated alkanes) is 1. The van der Waals surface area contributed by atoms with E-state index in [1.165, 1.54) is 21.7 Å². The van der Waals surface area contributed by atoms with Gasteiger partial charge in [-0.3, -0.25) is 9.69 Å². The van der Waals surface area contributed by atoms with Gasteiger partial charge in [0.2, 0.25) is 0 Å². The van der Waals surface area contributed by atoms with Crippen LogP contribution in [0.2, 0.25) is 0 Å². The van der Waals surface area contributed by atoms with Crippen LogP contribution in [0, 0.1) is 5.82 Å². The molecule has 1 unspecified atom stereocenters. The molecule has 0 saturated carbocycles. The lowest BCUT2D eigenvalue weighted by Gasteiger charge is -2.21. The molecule has 1 heterocycles. The molecule has 3 aromatic carbocycles. The van der Waals surface area contributed by atoms with E-state index in [0.29, 0.717) is 34.3 Å². The summed E-state index contributed by atoms with van der Waals surface area (Å²) in [5, 5.41) is 15.6. The SMILES string of the molecule is CC(c1ccc(N(CCCCN(C)C)C(=O)O)cc1)n1nc(-c2ccc(F)cc2)c2ccccc2c1=O. The van der Waals surface area contributed by atoms with Crippen molar-refractivity contribution in [2.75, 3.05) is 32.1 Å². The van der Waals surface area contributed by atoms with Crippen molar-refractivity contribution in [2.45, 2.75) is 25.8 Å². The highest BCUT2D eigenvalue weighted by molar-refractivity contribution is 5.93. The van der Waals surface area contributed by atoms with E-state index in [1.807, 2.05) is 45.3 Å². The van der Waals surface area contributed by atoms with E-state index >= 15 is 0 Å². The molecule has 8 heteroatoms. The Balaban J connectivity index is 1.66. The predicted molar refractivity (Wildman–Crippen MR) is 145 cm³/mol. The topological polar surface area (TPSA) is 78.7 Å². The van der Waals surface area contributed by atoms with Crippen molar-refractivity contribution in [3.63, 3.8) is 0 Å². The lowest BCUT2D eigenvalue weighted by atomic mass is 10.0. The van der Waals surface area contributed by atoms with Crippen molar-refractivity contribution < 1.29 is 14.3 Å². The molecule has 0 bridgehead atoms. The molecule has 0 aliphatic rings. The van der Waals surface area contributed by atoms with Crippen LogP contribution in [0.15, 0.2) is 77.6 Å². The standard InChI is InChI=1S/C29H31FN4O3/c1-20(21-12-16-24(17-13-21)33(29(36)37)19-7-6-18-32(2)3)34-28(35)26-9-5-4-8-25(26)27(31-34)22-10-14-23(30)15-11-22/h4-5,8-17,20H,6-7,18-19H2,1-3H3,(H,36,37). The first-order chi connectivity index (χ1) is 17.8. The third-order valence-corrected chi connectivity index (χ3v) is 6.47. The number of fused-ring (bicyclic) bond motifs is 1. The number of halogens is 1. The second-order valence-corrected chi connectivity index (χ2v) is 9.36. The van der Waals surface area contributed by atoms with Crippen molar-refractivity contribution >= 4 is 22.6 Å². The monoisotopic (exact) mass is 502 g/mol. The Morgan fingerprint density at radius 1 is 0.946 bits per heavy atom. The number of hydrogen-bond donors (Lipinski definition) is 1. The largest absolute Gasteiger partial charge is 0.465 e. The number of anilines is 1. The Labute approximate surface area is 215 Å². The third-order valence-electron chi connectivity index (χ3n) is 6.47. The molecule has 37 heavy (non-hydrogen) atoms. The number of carbonyl (C=O) groups is 1. The Hall–Kier alpha value is -4.04. The fourth-order valence-electron chi connectivity index (χ4n) is 4.40. The first-order valence-corrected chi connectivity index (χ1v) is 12.3. The van der Waals surface area contributed by atoms with E-state index in [9.17, 15) is 19.1 Å². The Morgan fingerprint density at radius 2 is 1.57 bits per heavy atom. The molecule has 4 aromatic rings. The van der Waals surface area contributed by atoms with Crippen LogP contribution in [0.3, 0.4) is 0 Å². The highest BCUT2D eigenvalue weighted by Gasteiger charge is 2.19. The molecule has 1 amide bonds. The molecular weight excluding hydrogens is 471 g/mol. The lowest BCUT2D eigenvalue weighted by molar-refractivity contribution is 0.201. The van der Waals surface area contributed by atoms with E-state index in [-0.39, 0.29) is 11.4 Å². The van der Waals surface area contributed by atoms with E-state index in [2.05, 4.69) is 4.90 Å². The van der Waals surface area contributed by atoms with Gasteiger partial charge in [-0.25, -0.2) is 13.9 Å². The fraction of sp³-hybridized carbons (Fsp3) is 0.276. The van der Waals surface area contributed by atoms with Crippen LogP contribution in [0.4, 0.5) is 14.9 Å². The van der Waals surface area contributed by atoms with Gasteiger partial charge >= 0.3 is 6.09 Å². The van der Waals surface area contributed by atoms with E-state index in [4.69, 9.17) is 5.10 Å². The molecule has 1 atom stereocenters. The summed E-state index contributed by atoms with van der Waals surface area (Å²) in [5.41, 5.74) is 2.47. The molecule has 192 valence electrons. The molecular formula is C29H31FN4O3. The minimum atomic E-state index is -0.998. The summed E-state index contributed by atoms with van der Waals surface area (Å²) in [6.45, 7) is 3.19. The average Bonchev–Trinajstić information content (AvgIpc) is 2.89. The van der Waals surface area contributed by atoms with Crippen LogP contribution in [0.1, 0.15) is 31.4 Å². The molecule has 0 aliphatic heterocycles. The van der Waals surface area contributed by atoms with Crippen LogP contribution in [-0.4, -0.2) is 53.1 Å². The second-order valence-electron chi connectivity index (χ2n) is 9.36. The second kappa shape index (κ2) is 11.3. The number of amides is 1. The molecule has 0 spiro atoms. The van der Waals surface area contributed by atoms with Gasteiger partial charge in [-0.1, -0.05) is 30.3 Å². The highest BCUT2D eigenvalue weighted by atomic mass is 19.1. The molecule has 0 fully saturated rings. The summed E-state index contributed by atoms with van der Waals surface area (Å²) in [5.74, 6) is -0.345. The van der Waals surface area contributed by atoms with E-state index in [1.54, 1.807) is 36.4 Å². The summed E-state index contributed by atoms with van der Waals surface area (Å²) in [4.78, 5) is 28.7. The summed E-state index contributed by atoms with van der Waals surface area (Å²) >= 11 is 0. The summed E-state index contributed by atoms with van der Waals surface area (Å²) < 4.78 is 15.0. The van der Waals surface area contributed by atoms with Crippen molar-refractivity contribution in [3.8, 4) is 11.3 Å². The van der Waals surface area contributed by atoms with Gasteiger partial charge in [-0.2, -0.15) is 5.10 Å². The van der Waals surface area contributed by atoms with Crippen LogP contribution >= 0.6 is 0 Å². The van der Waals surface area contributed by atoms with Crippen molar-refractivity contribution in [3.05, 3.63) is 94.5 Å². The van der Waals surface area contributed by atoms with Crippen LogP contribution in [-0.2, 0) is 0 Å². The van der Waals surface area contributed by atoms with Crippen LogP contribution in [0.25, 0.3) is 22.0 Å². The quantitative estimate of drug-likeness (QED) is 0.300. The summed E-state index contributed by atoms with van der Waals surface area (Å²) in [7, 11) is 3.99. The van der Waals surface area contributed by atoms with Crippen LogP contribution < -0.4 is 10.5 Å². The van der Waals surface area contributed by atoms with E-state index in [0.717, 1.165) is 24.9 Å². The van der Waals surface area contributed by atoms with Crippen molar-refractivity contribution in [1.29, 1.82) is 0 Å². The zero-order chi connectivity index (χ0) is 26.5. The van der Waals surface area contributed by atoms with Gasteiger partial charge in [0.15, 0.2) is 0 Å². The number of aromatic nitrogens is 2. The Morgan fingerprint density at radius 3 is 2.19 bits per heavy atom. The highest BCUT2D eigenvalue weighted by Crippen LogP contribution is 2.27. The summed E-state index contributed by atoms with van der Waals surface area (Å²) in [6, 6.07) is 20.1. The predicted octanol–water partition coefficient (Wildman–Crippen LogP) is 5.64. The average molecular weight is 503 g/mol. The number of rotatable bonds is 9. The first kappa shape index (κ1) is 26.0. The Bertz CT molecular complexity index is 1430. The zero-order valence-corrected chi connectivity index (χ0v) is 21.3. The maximum atomic E-state index is 13.5. The Kier molecular flexibility index (Phi) is 7.98. The van der Waals surface area contributed by atoms with Gasteiger partial charge in [0, 0.05) is 23.2 Å².